The van der Waals surface area contributed by atoms with E-state index in [9.17, 15) is 5.26 Å². The van der Waals surface area contributed by atoms with Crippen LogP contribution in [-0.2, 0) is 12.0 Å². The van der Waals surface area contributed by atoms with Crippen molar-refractivity contribution < 1.29 is 0 Å². The highest BCUT2D eigenvalue weighted by atomic mass is 79.9. The molecule has 0 spiro atoms. The summed E-state index contributed by atoms with van der Waals surface area (Å²) in [5, 5.41) is 10.2. The highest BCUT2D eigenvalue weighted by molar-refractivity contribution is 9.13. The molecule has 0 saturated heterocycles. The predicted octanol–water partition coefficient (Wildman–Crippen LogP) is 7.07. The first-order valence-electron chi connectivity index (χ1n) is 10.1. The smallest absolute Gasteiger partial charge is 0.0851 e. The molecule has 2 nitrogen and oxygen atoms in total. The van der Waals surface area contributed by atoms with E-state index in [0.29, 0.717) is 12.0 Å². The van der Waals surface area contributed by atoms with E-state index in [1.54, 1.807) is 0 Å². The number of hydrogen-bond donors (Lipinski definition) is 0. The molecule has 0 amide bonds. The molecule has 148 valence electrons. The van der Waals surface area contributed by atoms with Gasteiger partial charge in [-0.05, 0) is 107 Å². The van der Waals surface area contributed by atoms with E-state index in [-0.39, 0.29) is 5.41 Å². The molecule has 28 heavy (non-hydrogen) atoms. The van der Waals surface area contributed by atoms with Crippen LogP contribution in [0.15, 0.2) is 57.5 Å². The Morgan fingerprint density at radius 2 is 1.82 bits per heavy atom. The van der Waals surface area contributed by atoms with Gasteiger partial charge in [-0.2, -0.15) is 5.26 Å². The minimum Gasteiger partial charge on any atom is -0.297 e. The number of nitrogens with zero attached hydrogens (tertiary/aromatic N) is 2. The van der Waals surface area contributed by atoms with Crippen LogP contribution in [0.5, 0.6) is 0 Å². The molecule has 0 aliphatic heterocycles. The van der Waals surface area contributed by atoms with Gasteiger partial charge in [0.05, 0.1) is 11.5 Å². The third-order valence-electron chi connectivity index (χ3n) is 5.88. The molecular weight excluding hydrogens is 476 g/mol. The van der Waals surface area contributed by atoms with Gasteiger partial charge in [0.15, 0.2) is 0 Å². The Labute approximate surface area is 186 Å². The molecule has 0 radical (unpaired) electrons. The Hall–Kier alpha value is -1.15. The van der Waals surface area contributed by atoms with Gasteiger partial charge < -0.3 is 0 Å². The molecular formula is C24H28Br2N2. The Morgan fingerprint density at radius 1 is 1.11 bits per heavy atom. The highest BCUT2D eigenvalue weighted by Gasteiger charge is 2.46. The monoisotopic (exact) mass is 502 g/mol. The Bertz CT molecular complexity index is 824. The van der Waals surface area contributed by atoms with E-state index >= 15 is 0 Å². The maximum atomic E-state index is 10.2. The van der Waals surface area contributed by atoms with Gasteiger partial charge in [0.25, 0.3) is 0 Å². The van der Waals surface area contributed by atoms with Gasteiger partial charge in [-0.3, -0.25) is 4.90 Å². The third-order valence-corrected chi connectivity index (χ3v) is 7.76. The zero-order valence-corrected chi connectivity index (χ0v) is 19.8. The summed E-state index contributed by atoms with van der Waals surface area (Å²) in [5.41, 5.74) is 2.15. The van der Waals surface area contributed by atoms with Crippen molar-refractivity contribution in [3.05, 3.63) is 68.6 Å². The first-order valence-corrected chi connectivity index (χ1v) is 11.7. The quantitative estimate of drug-likeness (QED) is 0.365. The molecule has 1 saturated carbocycles. The average Bonchev–Trinajstić information content (AvgIpc) is 3.53. The topological polar surface area (TPSA) is 27.0 Å². The number of nitriles is 1. The van der Waals surface area contributed by atoms with Gasteiger partial charge in [0.1, 0.15) is 0 Å². The van der Waals surface area contributed by atoms with Crippen LogP contribution >= 0.6 is 31.9 Å². The van der Waals surface area contributed by atoms with E-state index in [4.69, 9.17) is 0 Å². The lowest BCUT2D eigenvalue weighted by Gasteiger charge is -2.31. The molecule has 3 rings (SSSR count). The first-order chi connectivity index (χ1) is 13.5. The van der Waals surface area contributed by atoms with Crippen molar-refractivity contribution in [3.63, 3.8) is 0 Å². The zero-order chi connectivity index (χ0) is 20.1. The number of rotatable bonds is 9. The average molecular weight is 504 g/mol. The molecule has 1 fully saturated rings. The Morgan fingerprint density at radius 3 is 2.39 bits per heavy atom. The van der Waals surface area contributed by atoms with Crippen LogP contribution in [0, 0.1) is 17.2 Å². The van der Waals surface area contributed by atoms with Crippen LogP contribution in [0.25, 0.3) is 0 Å². The van der Waals surface area contributed by atoms with Crippen LogP contribution in [0.2, 0.25) is 0 Å². The lowest BCUT2D eigenvalue weighted by molar-refractivity contribution is 0.202. The van der Waals surface area contributed by atoms with Crippen molar-refractivity contribution in [1.82, 2.24) is 4.90 Å². The summed E-state index contributed by atoms with van der Waals surface area (Å²) in [6.45, 7) is 6.49. The molecule has 0 N–H and O–H groups in total. The van der Waals surface area contributed by atoms with Gasteiger partial charge in [0.2, 0.25) is 0 Å². The molecule has 2 aromatic rings. The lowest BCUT2D eigenvalue weighted by Crippen LogP contribution is -2.33. The van der Waals surface area contributed by atoms with Crippen LogP contribution in [0.1, 0.15) is 50.7 Å². The van der Waals surface area contributed by atoms with Crippen LogP contribution in [0.4, 0.5) is 0 Å². The molecule has 1 aliphatic rings. The van der Waals surface area contributed by atoms with Gasteiger partial charge in [-0.25, -0.2) is 0 Å². The standard InChI is InChI=1S/C24H28Br2N2/c1-18(2)28(16-19-7-4-3-5-8-19)14-6-13-24(17-27,20-9-10-20)21-11-12-22(25)23(26)15-21/h3-5,7-8,11-12,15,18,20H,6,9-10,13-14,16H2,1-2H3. The van der Waals surface area contributed by atoms with Crippen molar-refractivity contribution in [3.8, 4) is 6.07 Å². The number of hydrogen-bond acceptors (Lipinski definition) is 2. The van der Waals surface area contributed by atoms with E-state index in [1.165, 1.54) is 18.4 Å². The summed E-state index contributed by atoms with van der Waals surface area (Å²) in [5.74, 6) is 0.493. The maximum absolute atomic E-state index is 10.2. The van der Waals surface area contributed by atoms with Gasteiger partial charge in [-0.1, -0.05) is 36.4 Å². The third kappa shape index (κ3) is 5.06. The normalized spacial score (nSPS) is 16.2. The minimum absolute atomic E-state index is 0.362. The molecule has 1 aliphatic carbocycles. The van der Waals surface area contributed by atoms with E-state index < -0.39 is 0 Å². The summed E-state index contributed by atoms with van der Waals surface area (Å²) < 4.78 is 2.06. The zero-order valence-electron chi connectivity index (χ0n) is 16.7. The van der Waals surface area contributed by atoms with Crippen molar-refractivity contribution in [1.29, 1.82) is 5.26 Å². The Balaban J connectivity index is 1.71. The van der Waals surface area contributed by atoms with E-state index in [2.05, 4.69) is 105 Å². The second-order valence-electron chi connectivity index (χ2n) is 8.14. The summed E-state index contributed by atoms with van der Waals surface area (Å²) in [7, 11) is 0. The largest absolute Gasteiger partial charge is 0.297 e. The second kappa shape index (κ2) is 9.57. The number of halogens is 2. The number of benzene rings is 2. The summed E-state index contributed by atoms with van der Waals surface area (Å²) >= 11 is 7.17. The molecule has 4 heteroatoms. The summed E-state index contributed by atoms with van der Waals surface area (Å²) in [6.07, 6.45) is 4.28. The molecule has 1 unspecified atom stereocenters. The van der Waals surface area contributed by atoms with Gasteiger partial charge in [0, 0.05) is 21.5 Å². The SMILES string of the molecule is CC(C)N(CCCC(C#N)(c1ccc(Br)c(Br)c1)C1CC1)Cc1ccccc1. The molecule has 2 aromatic carbocycles. The maximum Gasteiger partial charge on any atom is 0.0851 e. The second-order valence-corrected chi connectivity index (χ2v) is 9.85. The summed E-state index contributed by atoms with van der Waals surface area (Å²) in [4.78, 5) is 2.52. The van der Waals surface area contributed by atoms with Crippen molar-refractivity contribution in [2.45, 2.75) is 57.5 Å². The first kappa shape index (κ1) is 21.6. The molecule has 0 aromatic heterocycles. The van der Waals surface area contributed by atoms with Crippen molar-refractivity contribution in [2.24, 2.45) is 5.92 Å². The molecule has 0 heterocycles. The van der Waals surface area contributed by atoms with Crippen LogP contribution in [-0.4, -0.2) is 17.5 Å². The van der Waals surface area contributed by atoms with Crippen LogP contribution < -0.4 is 0 Å². The van der Waals surface area contributed by atoms with Gasteiger partial charge >= 0.3 is 0 Å². The summed E-state index contributed by atoms with van der Waals surface area (Å²) in [6, 6.07) is 20.2. The fraction of sp³-hybridized carbons (Fsp3) is 0.458. The highest BCUT2D eigenvalue weighted by Crippen LogP contribution is 2.50. The van der Waals surface area contributed by atoms with Gasteiger partial charge in [-0.15, -0.1) is 0 Å². The Kier molecular flexibility index (Phi) is 7.36. The van der Waals surface area contributed by atoms with E-state index in [1.807, 2.05) is 0 Å². The van der Waals surface area contributed by atoms with Crippen molar-refractivity contribution in [2.75, 3.05) is 6.54 Å². The fourth-order valence-corrected chi connectivity index (χ4v) is 4.67. The molecule has 1 atom stereocenters. The van der Waals surface area contributed by atoms with E-state index in [0.717, 1.165) is 40.4 Å². The van der Waals surface area contributed by atoms with Crippen molar-refractivity contribution >= 4 is 31.9 Å². The van der Waals surface area contributed by atoms with Crippen LogP contribution in [0.3, 0.4) is 0 Å². The lowest BCUT2D eigenvalue weighted by atomic mass is 9.74. The minimum atomic E-state index is -0.362. The molecule has 0 bridgehead atoms. The fourth-order valence-electron chi connectivity index (χ4n) is 4.04. The predicted molar refractivity (Wildman–Crippen MR) is 123 cm³/mol.